The van der Waals surface area contributed by atoms with Crippen molar-refractivity contribution in [1.82, 2.24) is 10.6 Å². The predicted octanol–water partition coefficient (Wildman–Crippen LogP) is 0.647. The van der Waals surface area contributed by atoms with Crippen LogP contribution in [0.5, 0.6) is 0 Å². The molecule has 1 atom stereocenters. The van der Waals surface area contributed by atoms with Gasteiger partial charge in [-0.25, -0.2) is 4.79 Å². The average Bonchev–Trinajstić information content (AvgIpc) is 2.34. The van der Waals surface area contributed by atoms with E-state index in [4.69, 9.17) is 4.74 Å². The lowest BCUT2D eigenvalue weighted by atomic mass is 9.94. The fourth-order valence-corrected chi connectivity index (χ4v) is 1.93. The topological polar surface area (TPSA) is 102 Å². The van der Waals surface area contributed by atoms with Crippen LogP contribution in [0, 0.1) is 5.92 Å². The smallest absolute Gasteiger partial charge is 0.328 e. The van der Waals surface area contributed by atoms with E-state index in [-0.39, 0.29) is 12.5 Å². The molecule has 0 aromatic carbocycles. The van der Waals surface area contributed by atoms with Crippen LogP contribution in [0.4, 0.5) is 4.79 Å². The third kappa shape index (κ3) is 4.83. The number of carbonyl (C=O) groups excluding carboxylic acids is 4. The van der Waals surface area contributed by atoms with Crippen LogP contribution in [0.1, 0.15) is 32.6 Å². The Labute approximate surface area is 116 Å². The minimum Gasteiger partial charge on any atom is -0.465 e. The van der Waals surface area contributed by atoms with Crippen LogP contribution in [0.25, 0.3) is 0 Å². The third-order valence-electron chi connectivity index (χ3n) is 3.03. The number of urea groups is 1. The van der Waals surface area contributed by atoms with E-state index in [1.54, 1.807) is 6.92 Å². The molecule has 1 rings (SSSR count). The van der Waals surface area contributed by atoms with E-state index < -0.39 is 23.8 Å². The molecule has 1 unspecified atom stereocenters. The SMILES string of the molecule is C=C(CCCC(C)OC=O)CC1C(=O)NC(=O)NC1=O. The maximum Gasteiger partial charge on any atom is 0.328 e. The molecule has 0 aromatic rings. The first-order chi connectivity index (χ1) is 9.43. The van der Waals surface area contributed by atoms with Gasteiger partial charge in [0.05, 0.1) is 6.10 Å². The number of amides is 4. The Balaban J connectivity index is 2.35. The molecular weight excluding hydrogens is 264 g/mol. The third-order valence-corrected chi connectivity index (χ3v) is 3.03. The summed E-state index contributed by atoms with van der Waals surface area (Å²) in [6.07, 6.45) is 2.08. The van der Waals surface area contributed by atoms with E-state index in [0.717, 1.165) is 12.0 Å². The number of rotatable bonds is 8. The highest BCUT2D eigenvalue weighted by Crippen LogP contribution is 2.18. The number of hydrogen-bond acceptors (Lipinski definition) is 5. The van der Waals surface area contributed by atoms with Crippen molar-refractivity contribution < 1.29 is 23.9 Å². The van der Waals surface area contributed by atoms with E-state index in [1.807, 2.05) is 10.6 Å². The average molecular weight is 282 g/mol. The Morgan fingerprint density at radius 3 is 2.50 bits per heavy atom. The van der Waals surface area contributed by atoms with Crippen molar-refractivity contribution in [2.24, 2.45) is 5.92 Å². The van der Waals surface area contributed by atoms with Crippen molar-refractivity contribution >= 4 is 24.3 Å². The van der Waals surface area contributed by atoms with Crippen LogP contribution in [0.15, 0.2) is 12.2 Å². The van der Waals surface area contributed by atoms with E-state index in [9.17, 15) is 19.2 Å². The van der Waals surface area contributed by atoms with Crippen LogP contribution in [-0.2, 0) is 19.1 Å². The van der Waals surface area contributed by atoms with Gasteiger partial charge in [0.2, 0.25) is 11.8 Å². The van der Waals surface area contributed by atoms with Crippen LogP contribution in [-0.4, -0.2) is 30.4 Å². The summed E-state index contributed by atoms with van der Waals surface area (Å²) in [5, 5.41) is 4.09. The molecule has 7 nitrogen and oxygen atoms in total. The number of nitrogens with one attached hydrogen (secondary N) is 2. The quantitative estimate of drug-likeness (QED) is 0.386. The lowest BCUT2D eigenvalue weighted by Crippen LogP contribution is -2.55. The first-order valence-electron chi connectivity index (χ1n) is 6.35. The maximum absolute atomic E-state index is 11.5. The minimum absolute atomic E-state index is 0.167. The molecule has 20 heavy (non-hydrogen) atoms. The van der Waals surface area contributed by atoms with Gasteiger partial charge in [0, 0.05) is 0 Å². The zero-order valence-corrected chi connectivity index (χ0v) is 11.3. The summed E-state index contributed by atoms with van der Waals surface area (Å²) in [7, 11) is 0. The fourth-order valence-electron chi connectivity index (χ4n) is 1.93. The molecule has 1 saturated heterocycles. The summed E-state index contributed by atoms with van der Waals surface area (Å²) in [4.78, 5) is 44.1. The summed E-state index contributed by atoms with van der Waals surface area (Å²) in [5.74, 6) is -2.11. The normalized spacial score (nSPS) is 17.1. The lowest BCUT2D eigenvalue weighted by molar-refractivity contribution is -0.136. The largest absolute Gasteiger partial charge is 0.465 e. The first kappa shape index (κ1) is 15.9. The molecule has 0 spiro atoms. The van der Waals surface area contributed by atoms with Gasteiger partial charge in [-0.2, -0.15) is 0 Å². The molecule has 0 saturated carbocycles. The second-order valence-electron chi connectivity index (χ2n) is 4.75. The Kier molecular flexibility index (Phi) is 5.89. The number of carbonyl (C=O) groups is 4. The van der Waals surface area contributed by atoms with Crippen LogP contribution in [0.2, 0.25) is 0 Å². The summed E-state index contributed by atoms with van der Waals surface area (Å²) in [5.41, 5.74) is 0.743. The zero-order chi connectivity index (χ0) is 15.1. The zero-order valence-electron chi connectivity index (χ0n) is 11.3. The van der Waals surface area contributed by atoms with E-state index >= 15 is 0 Å². The van der Waals surface area contributed by atoms with Gasteiger partial charge in [-0.15, -0.1) is 0 Å². The van der Waals surface area contributed by atoms with E-state index in [1.165, 1.54) is 0 Å². The molecule has 1 fully saturated rings. The van der Waals surface area contributed by atoms with Gasteiger partial charge in [0.25, 0.3) is 6.47 Å². The molecule has 1 aliphatic heterocycles. The van der Waals surface area contributed by atoms with Gasteiger partial charge in [-0.3, -0.25) is 25.0 Å². The van der Waals surface area contributed by atoms with Crippen molar-refractivity contribution in [3.63, 3.8) is 0 Å². The lowest BCUT2D eigenvalue weighted by Gasteiger charge is -2.21. The molecule has 110 valence electrons. The Morgan fingerprint density at radius 1 is 1.35 bits per heavy atom. The summed E-state index contributed by atoms with van der Waals surface area (Å²) in [6.45, 7) is 6.02. The van der Waals surface area contributed by atoms with E-state index in [2.05, 4.69) is 6.58 Å². The van der Waals surface area contributed by atoms with Gasteiger partial charge >= 0.3 is 6.03 Å². The van der Waals surface area contributed by atoms with Crippen molar-refractivity contribution in [3.05, 3.63) is 12.2 Å². The van der Waals surface area contributed by atoms with Gasteiger partial charge in [0.15, 0.2) is 0 Å². The summed E-state index contributed by atoms with van der Waals surface area (Å²) in [6, 6.07) is -0.790. The van der Waals surface area contributed by atoms with Gasteiger partial charge in [-0.1, -0.05) is 12.2 Å². The molecular formula is C13H18N2O5. The molecule has 0 radical (unpaired) electrons. The van der Waals surface area contributed by atoms with Gasteiger partial charge in [0.1, 0.15) is 5.92 Å². The maximum atomic E-state index is 11.5. The highest BCUT2D eigenvalue weighted by Gasteiger charge is 2.34. The molecule has 0 bridgehead atoms. The number of barbiturate groups is 1. The Hall–Kier alpha value is -2.18. The highest BCUT2D eigenvalue weighted by molar-refractivity contribution is 6.16. The van der Waals surface area contributed by atoms with Crippen molar-refractivity contribution in [3.8, 4) is 0 Å². The second kappa shape index (κ2) is 7.42. The fraction of sp³-hybridized carbons (Fsp3) is 0.538. The van der Waals surface area contributed by atoms with Crippen LogP contribution >= 0.6 is 0 Å². The van der Waals surface area contributed by atoms with Crippen LogP contribution < -0.4 is 10.6 Å². The van der Waals surface area contributed by atoms with Gasteiger partial charge < -0.3 is 4.74 Å². The molecule has 7 heteroatoms. The molecule has 4 amide bonds. The predicted molar refractivity (Wildman–Crippen MR) is 69.4 cm³/mol. The minimum atomic E-state index is -0.913. The van der Waals surface area contributed by atoms with Crippen molar-refractivity contribution in [2.45, 2.75) is 38.7 Å². The summed E-state index contributed by atoms with van der Waals surface area (Å²) < 4.78 is 4.74. The molecule has 1 heterocycles. The highest BCUT2D eigenvalue weighted by atomic mass is 16.5. The monoisotopic (exact) mass is 282 g/mol. The van der Waals surface area contributed by atoms with E-state index in [0.29, 0.717) is 19.3 Å². The first-order valence-corrected chi connectivity index (χ1v) is 6.35. The molecule has 1 aliphatic rings. The molecule has 2 N–H and O–H groups in total. The molecule has 0 aromatic heterocycles. The second-order valence-corrected chi connectivity index (χ2v) is 4.75. The number of hydrogen-bond donors (Lipinski definition) is 2. The van der Waals surface area contributed by atoms with Crippen molar-refractivity contribution in [2.75, 3.05) is 0 Å². The number of imide groups is 2. The summed E-state index contributed by atoms with van der Waals surface area (Å²) >= 11 is 0. The number of allylic oxidation sites excluding steroid dienone is 1. The van der Waals surface area contributed by atoms with Crippen molar-refractivity contribution in [1.29, 1.82) is 0 Å². The standard InChI is InChI=1S/C13H18N2O5/c1-8(4-3-5-9(2)20-7-16)6-10-11(17)14-13(19)15-12(10)18/h7,9-10H,1,3-6H2,2H3,(H2,14,15,17,18,19). The Bertz CT molecular complexity index is 412. The Morgan fingerprint density at radius 2 is 1.95 bits per heavy atom. The van der Waals surface area contributed by atoms with Crippen LogP contribution in [0.3, 0.4) is 0 Å². The van der Waals surface area contributed by atoms with Gasteiger partial charge in [-0.05, 0) is 32.6 Å². The molecule has 0 aliphatic carbocycles. The number of ether oxygens (including phenoxy) is 1.